The van der Waals surface area contributed by atoms with E-state index in [4.69, 9.17) is 11.6 Å². The molecule has 1 unspecified atom stereocenters. The van der Waals surface area contributed by atoms with Gasteiger partial charge in [0.05, 0.1) is 12.2 Å². The molecular formula is C14H21ClN2O3S. The average Bonchev–Trinajstić information content (AvgIpc) is 2.39. The SMILES string of the molecule is CC(CCl)CS(=O)(=O)Nc1ccc(CC(=O)N(C)C)cc1. The van der Waals surface area contributed by atoms with Crippen LogP contribution < -0.4 is 4.72 Å². The van der Waals surface area contributed by atoms with E-state index in [9.17, 15) is 13.2 Å². The smallest absolute Gasteiger partial charge is 0.233 e. The van der Waals surface area contributed by atoms with Crippen molar-refractivity contribution in [3.63, 3.8) is 0 Å². The van der Waals surface area contributed by atoms with Crippen molar-refractivity contribution in [3.8, 4) is 0 Å². The van der Waals surface area contributed by atoms with E-state index in [1.807, 2.05) is 0 Å². The number of carbonyl (C=O) groups is 1. The summed E-state index contributed by atoms with van der Waals surface area (Å²) in [5.41, 5.74) is 1.32. The van der Waals surface area contributed by atoms with Crippen molar-refractivity contribution in [2.75, 3.05) is 30.5 Å². The van der Waals surface area contributed by atoms with Crippen LogP contribution >= 0.6 is 11.6 Å². The van der Waals surface area contributed by atoms with Crippen molar-refractivity contribution >= 4 is 33.2 Å². The maximum Gasteiger partial charge on any atom is 0.233 e. The van der Waals surface area contributed by atoms with Gasteiger partial charge in [-0.25, -0.2) is 8.42 Å². The molecule has 1 aromatic rings. The monoisotopic (exact) mass is 332 g/mol. The zero-order valence-electron chi connectivity index (χ0n) is 12.5. The predicted molar refractivity (Wildman–Crippen MR) is 86.1 cm³/mol. The number of amides is 1. The third kappa shape index (κ3) is 6.35. The Bertz CT molecular complexity index is 570. The summed E-state index contributed by atoms with van der Waals surface area (Å²) in [6.45, 7) is 1.78. The summed E-state index contributed by atoms with van der Waals surface area (Å²) in [6.07, 6.45) is 0.295. The maximum absolute atomic E-state index is 11.9. The third-order valence-corrected chi connectivity index (χ3v) is 4.93. The van der Waals surface area contributed by atoms with Gasteiger partial charge in [0.1, 0.15) is 0 Å². The van der Waals surface area contributed by atoms with Crippen LogP contribution in [0.2, 0.25) is 0 Å². The van der Waals surface area contributed by atoms with E-state index < -0.39 is 10.0 Å². The van der Waals surface area contributed by atoms with Crippen molar-refractivity contribution in [1.82, 2.24) is 4.90 Å². The number of halogens is 1. The van der Waals surface area contributed by atoms with Crippen molar-refractivity contribution in [2.45, 2.75) is 13.3 Å². The number of rotatable bonds is 7. The Morgan fingerprint density at radius 2 is 1.86 bits per heavy atom. The molecule has 0 heterocycles. The molecule has 7 heteroatoms. The molecule has 1 aromatic carbocycles. The van der Waals surface area contributed by atoms with Crippen molar-refractivity contribution in [1.29, 1.82) is 0 Å². The highest BCUT2D eigenvalue weighted by Gasteiger charge is 2.15. The van der Waals surface area contributed by atoms with Crippen LogP contribution in [0, 0.1) is 5.92 Å². The van der Waals surface area contributed by atoms with Crippen LogP contribution in [0.5, 0.6) is 0 Å². The van der Waals surface area contributed by atoms with Gasteiger partial charge in [0.25, 0.3) is 0 Å². The topological polar surface area (TPSA) is 66.5 Å². The number of sulfonamides is 1. The molecule has 0 aliphatic rings. The summed E-state index contributed by atoms with van der Waals surface area (Å²) < 4.78 is 26.3. The lowest BCUT2D eigenvalue weighted by Crippen LogP contribution is -2.23. The first-order valence-electron chi connectivity index (χ1n) is 6.59. The van der Waals surface area contributed by atoms with Crippen molar-refractivity contribution < 1.29 is 13.2 Å². The van der Waals surface area contributed by atoms with Gasteiger partial charge >= 0.3 is 0 Å². The van der Waals surface area contributed by atoms with Gasteiger partial charge in [0.2, 0.25) is 15.9 Å². The lowest BCUT2D eigenvalue weighted by molar-refractivity contribution is -0.127. The molecular weight excluding hydrogens is 312 g/mol. The van der Waals surface area contributed by atoms with E-state index in [0.29, 0.717) is 18.0 Å². The molecule has 0 spiro atoms. The van der Waals surface area contributed by atoms with Crippen LogP contribution in [0.1, 0.15) is 12.5 Å². The quantitative estimate of drug-likeness (QED) is 0.776. The highest BCUT2D eigenvalue weighted by molar-refractivity contribution is 7.92. The van der Waals surface area contributed by atoms with Gasteiger partial charge in [-0.15, -0.1) is 11.6 Å². The molecule has 0 fully saturated rings. The first-order valence-corrected chi connectivity index (χ1v) is 8.77. The number of nitrogens with one attached hydrogen (secondary N) is 1. The summed E-state index contributed by atoms with van der Waals surface area (Å²) in [5, 5.41) is 0. The number of alkyl halides is 1. The second kappa shape index (κ2) is 7.66. The van der Waals surface area contributed by atoms with Gasteiger partial charge in [0, 0.05) is 25.7 Å². The molecule has 21 heavy (non-hydrogen) atoms. The second-order valence-electron chi connectivity index (χ2n) is 5.30. The standard InChI is InChI=1S/C14H21ClN2O3S/c1-11(9-15)10-21(19,20)16-13-6-4-12(5-7-13)8-14(18)17(2)3/h4-7,11,16H,8-10H2,1-3H3. The Morgan fingerprint density at radius 3 is 2.33 bits per heavy atom. The minimum atomic E-state index is -3.40. The molecule has 0 bridgehead atoms. The fourth-order valence-corrected chi connectivity index (χ4v) is 3.35. The van der Waals surface area contributed by atoms with E-state index in [-0.39, 0.29) is 17.6 Å². The fourth-order valence-electron chi connectivity index (χ4n) is 1.66. The van der Waals surface area contributed by atoms with E-state index >= 15 is 0 Å². The second-order valence-corrected chi connectivity index (χ2v) is 7.38. The molecule has 0 saturated carbocycles. The molecule has 5 nitrogen and oxygen atoms in total. The van der Waals surface area contributed by atoms with Gasteiger partial charge in [-0.1, -0.05) is 19.1 Å². The van der Waals surface area contributed by atoms with Crippen LogP contribution in [0.15, 0.2) is 24.3 Å². The Kier molecular flexibility index (Phi) is 6.48. The lowest BCUT2D eigenvalue weighted by atomic mass is 10.1. The van der Waals surface area contributed by atoms with E-state index in [0.717, 1.165) is 5.56 Å². The summed E-state index contributed by atoms with van der Waals surface area (Å²) in [4.78, 5) is 13.1. The first kappa shape index (κ1) is 17.8. The summed E-state index contributed by atoms with van der Waals surface area (Å²) in [7, 11) is -0.0103. The van der Waals surface area contributed by atoms with E-state index in [1.165, 1.54) is 4.90 Å². The van der Waals surface area contributed by atoms with Crippen LogP contribution in [0.3, 0.4) is 0 Å². The Labute approximate surface area is 131 Å². The van der Waals surface area contributed by atoms with Gasteiger partial charge in [-0.05, 0) is 23.6 Å². The molecule has 1 amide bonds. The lowest BCUT2D eigenvalue weighted by Gasteiger charge is -2.12. The Hall–Kier alpha value is -1.27. The maximum atomic E-state index is 11.9. The van der Waals surface area contributed by atoms with Gasteiger partial charge in [-0.3, -0.25) is 9.52 Å². The van der Waals surface area contributed by atoms with Crippen LogP contribution in [-0.2, 0) is 21.2 Å². The average molecular weight is 333 g/mol. The number of hydrogen-bond acceptors (Lipinski definition) is 3. The number of anilines is 1. The molecule has 0 radical (unpaired) electrons. The molecule has 0 saturated heterocycles. The summed E-state index contributed by atoms with van der Waals surface area (Å²) in [5.74, 6) is 0.171. The predicted octanol–water partition coefficient (Wildman–Crippen LogP) is 1.93. The molecule has 0 aliphatic heterocycles. The van der Waals surface area contributed by atoms with Gasteiger partial charge in [0.15, 0.2) is 0 Å². The zero-order valence-corrected chi connectivity index (χ0v) is 14.0. The summed E-state index contributed by atoms with van der Waals surface area (Å²) in [6, 6.07) is 6.79. The minimum absolute atomic E-state index is 0.000678. The van der Waals surface area contributed by atoms with Crippen LogP contribution in [-0.4, -0.2) is 45.0 Å². The van der Waals surface area contributed by atoms with Crippen molar-refractivity contribution in [2.24, 2.45) is 5.92 Å². The molecule has 118 valence electrons. The van der Waals surface area contributed by atoms with Gasteiger partial charge < -0.3 is 4.90 Å². The minimum Gasteiger partial charge on any atom is -0.349 e. The number of carbonyl (C=O) groups excluding carboxylic acids is 1. The van der Waals surface area contributed by atoms with Gasteiger partial charge in [-0.2, -0.15) is 0 Å². The Balaban J connectivity index is 2.68. The van der Waals surface area contributed by atoms with Crippen LogP contribution in [0.4, 0.5) is 5.69 Å². The fraction of sp³-hybridized carbons (Fsp3) is 0.500. The highest BCUT2D eigenvalue weighted by atomic mass is 35.5. The molecule has 1 atom stereocenters. The summed E-state index contributed by atoms with van der Waals surface area (Å²) >= 11 is 5.63. The van der Waals surface area contributed by atoms with E-state index in [2.05, 4.69) is 4.72 Å². The molecule has 0 aromatic heterocycles. The normalized spacial score (nSPS) is 12.8. The first-order chi connectivity index (χ1) is 9.73. The molecule has 1 N–H and O–H groups in total. The Morgan fingerprint density at radius 1 is 1.29 bits per heavy atom. The molecule has 0 aliphatic carbocycles. The van der Waals surface area contributed by atoms with Crippen LogP contribution in [0.25, 0.3) is 0 Å². The number of benzene rings is 1. The van der Waals surface area contributed by atoms with E-state index in [1.54, 1.807) is 45.3 Å². The number of hydrogen-bond donors (Lipinski definition) is 1. The number of nitrogens with zero attached hydrogens (tertiary/aromatic N) is 1. The van der Waals surface area contributed by atoms with Crippen molar-refractivity contribution in [3.05, 3.63) is 29.8 Å². The third-order valence-electron chi connectivity index (χ3n) is 2.85. The highest BCUT2D eigenvalue weighted by Crippen LogP contribution is 2.14. The largest absolute Gasteiger partial charge is 0.349 e. The number of likely N-dealkylation sites (N-methyl/N-ethyl adjacent to an activating group) is 1. The zero-order chi connectivity index (χ0) is 16.0. The molecule has 1 rings (SSSR count).